The molecule has 8 rings (SSSR count). The normalized spacial score (nSPS) is 13.6. The summed E-state index contributed by atoms with van der Waals surface area (Å²) < 4.78 is 8.11. The molecule has 1 aliphatic heterocycles. The van der Waals surface area contributed by atoms with Crippen LogP contribution >= 0.6 is 0 Å². The van der Waals surface area contributed by atoms with Gasteiger partial charge in [0.1, 0.15) is 6.26 Å². The van der Waals surface area contributed by atoms with Gasteiger partial charge in [-0.05, 0) is 23.8 Å². The van der Waals surface area contributed by atoms with Gasteiger partial charge in [-0.2, -0.15) is 0 Å². The summed E-state index contributed by atoms with van der Waals surface area (Å²) in [4.78, 5) is 10.0. The Kier molecular flexibility index (Phi) is 4.54. The van der Waals surface area contributed by atoms with E-state index in [1.807, 2.05) is 48.9 Å². The van der Waals surface area contributed by atoms with Gasteiger partial charge in [0.15, 0.2) is 5.82 Å². The highest BCUT2D eigenvalue weighted by Crippen LogP contribution is 2.48. The number of nitrogens with zero attached hydrogens (tertiary/aromatic N) is 3. The largest absolute Gasteiger partial charge is 0.470 e. The van der Waals surface area contributed by atoms with Crippen LogP contribution in [0.15, 0.2) is 120 Å². The van der Waals surface area contributed by atoms with E-state index in [2.05, 4.69) is 85.1 Å². The number of rotatable bonds is 3. The van der Waals surface area contributed by atoms with E-state index in [9.17, 15) is 0 Å². The molecule has 4 heterocycles. The molecule has 1 aliphatic rings. The van der Waals surface area contributed by atoms with Crippen LogP contribution in [0.3, 0.4) is 0 Å². The highest BCUT2D eigenvalue weighted by Gasteiger charge is 2.36. The topological polar surface area (TPSA) is 43.9 Å². The standard InChI is InChI=1S/C35H25N3O/c1-35(2)27-15-9-14-25-26-18-24(16-17-31(26)38(33(25)27)32-21-39-20-28(32)35)30-19-29(22-10-5-3-6-11-22)36-34(37-30)23-12-7-4-8-13-23/h3-21H,1-2H3. The molecule has 39 heavy (non-hydrogen) atoms. The fraction of sp³-hybridized carbons (Fsp3) is 0.0857. The lowest BCUT2D eigenvalue weighted by Crippen LogP contribution is -2.24. The van der Waals surface area contributed by atoms with Gasteiger partial charge in [-0.25, -0.2) is 9.97 Å². The highest BCUT2D eigenvalue weighted by atomic mass is 16.3. The van der Waals surface area contributed by atoms with Crippen molar-refractivity contribution in [3.05, 3.63) is 127 Å². The molecular weight excluding hydrogens is 478 g/mol. The average molecular weight is 504 g/mol. The molecule has 0 spiro atoms. The van der Waals surface area contributed by atoms with Gasteiger partial charge in [0, 0.05) is 38.4 Å². The molecule has 186 valence electrons. The van der Waals surface area contributed by atoms with E-state index in [1.54, 1.807) is 0 Å². The minimum Gasteiger partial charge on any atom is -0.470 e. The van der Waals surface area contributed by atoms with Crippen LogP contribution in [0.25, 0.3) is 61.4 Å². The second kappa shape index (κ2) is 8.02. The molecule has 0 amide bonds. The third kappa shape index (κ3) is 3.18. The van der Waals surface area contributed by atoms with Crippen molar-refractivity contribution in [2.75, 3.05) is 0 Å². The van der Waals surface area contributed by atoms with E-state index < -0.39 is 0 Å². The van der Waals surface area contributed by atoms with Gasteiger partial charge in [0.2, 0.25) is 0 Å². The van der Waals surface area contributed by atoms with E-state index in [-0.39, 0.29) is 5.41 Å². The van der Waals surface area contributed by atoms with Crippen molar-refractivity contribution in [1.29, 1.82) is 0 Å². The number of fused-ring (bicyclic) bond motifs is 5. The SMILES string of the molecule is CC1(C)c2cocc2-n2c3ccc(-c4cc(-c5ccccc5)nc(-c5ccccc5)n4)cc3c3cccc1c32. The number of aromatic nitrogens is 3. The van der Waals surface area contributed by atoms with Crippen LogP contribution in [0.2, 0.25) is 0 Å². The Morgan fingerprint density at radius 1 is 0.615 bits per heavy atom. The number of benzene rings is 4. The second-order valence-electron chi connectivity index (χ2n) is 10.8. The first kappa shape index (κ1) is 22.1. The fourth-order valence-electron chi connectivity index (χ4n) is 6.13. The molecule has 0 fully saturated rings. The third-order valence-electron chi connectivity index (χ3n) is 8.14. The molecule has 0 unspecified atom stereocenters. The fourth-order valence-corrected chi connectivity index (χ4v) is 6.13. The summed E-state index contributed by atoms with van der Waals surface area (Å²) in [6.45, 7) is 4.56. The van der Waals surface area contributed by atoms with Crippen molar-refractivity contribution in [1.82, 2.24) is 14.5 Å². The molecule has 0 aliphatic carbocycles. The summed E-state index contributed by atoms with van der Waals surface area (Å²) in [5, 5.41) is 2.44. The van der Waals surface area contributed by atoms with Crippen LogP contribution < -0.4 is 0 Å². The maximum Gasteiger partial charge on any atom is 0.160 e. The minimum atomic E-state index is -0.142. The molecule has 0 saturated carbocycles. The van der Waals surface area contributed by atoms with Crippen LogP contribution in [0.4, 0.5) is 0 Å². The highest BCUT2D eigenvalue weighted by molar-refractivity contribution is 6.12. The van der Waals surface area contributed by atoms with Gasteiger partial charge < -0.3 is 8.98 Å². The molecule has 0 radical (unpaired) electrons. The Labute approximate surface area is 226 Å². The van der Waals surface area contributed by atoms with Gasteiger partial charge in [0.25, 0.3) is 0 Å². The first-order valence-corrected chi connectivity index (χ1v) is 13.2. The van der Waals surface area contributed by atoms with Crippen LogP contribution in [-0.2, 0) is 5.41 Å². The van der Waals surface area contributed by atoms with Crippen molar-refractivity contribution in [2.45, 2.75) is 19.3 Å². The smallest absolute Gasteiger partial charge is 0.160 e. The Bertz CT molecular complexity index is 1970. The van der Waals surface area contributed by atoms with Gasteiger partial charge in [0.05, 0.1) is 34.4 Å². The number of furan rings is 1. The molecular formula is C35H25N3O. The zero-order valence-corrected chi connectivity index (χ0v) is 21.7. The number of para-hydroxylation sites is 1. The summed E-state index contributed by atoms with van der Waals surface area (Å²) in [5.74, 6) is 0.722. The molecule has 0 atom stereocenters. The monoisotopic (exact) mass is 503 g/mol. The number of hydrogen-bond acceptors (Lipinski definition) is 3. The summed E-state index contributed by atoms with van der Waals surface area (Å²) in [6.07, 6.45) is 3.77. The summed E-state index contributed by atoms with van der Waals surface area (Å²) in [6, 6.07) is 35.9. The molecule has 4 heteroatoms. The third-order valence-corrected chi connectivity index (χ3v) is 8.14. The maximum absolute atomic E-state index is 5.75. The Balaban J connectivity index is 1.39. The van der Waals surface area contributed by atoms with Crippen molar-refractivity contribution >= 4 is 21.8 Å². The first-order valence-electron chi connectivity index (χ1n) is 13.2. The Morgan fingerprint density at radius 3 is 2.10 bits per heavy atom. The molecule has 3 aromatic heterocycles. The lowest BCUT2D eigenvalue weighted by atomic mass is 9.76. The molecule has 7 aromatic rings. The van der Waals surface area contributed by atoms with Gasteiger partial charge in [-0.1, -0.05) is 98.8 Å². The maximum atomic E-state index is 5.75. The van der Waals surface area contributed by atoms with E-state index in [0.29, 0.717) is 0 Å². The van der Waals surface area contributed by atoms with Gasteiger partial charge >= 0.3 is 0 Å². The summed E-state index contributed by atoms with van der Waals surface area (Å²) in [7, 11) is 0. The van der Waals surface area contributed by atoms with E-state index in [4.69, 9.17) is 14.4 Å². The molecule has 4 nitrogen and oxygen atoms in total. The quantitative estimate of drug-likeness (QED) is 0.242. The van der Waals surface area contributed by atoms with Crippen LogP contribution in [0.5, 0.6) is 0 Å². The zero-order valence-electron chi connectivity index (χ0n) is 21.7. The van der Waals surface area contributed by atoms with Crippen LogP contribution in [-0.4, -0.2) is 14.5 Å². The van der Waals surface area contributed by atoms with Gasteiger partial charge in [-0.15, -0.1) is 0 Å². The van der Waals surface area contributed by atoms with Crippen molar-refractivity contribution in [2.24, 2.45) is 0 Å². The lowest BCUT2D eigenvalue weighted by Gasteiger charge is -2.31. The van der Waals surface area contributed by atoms with Crippen LogP contribution in [0, 0.1) is 0 Å². The van der Waals surface area contributed by atoms with E-state index >= 15 is 0 Å². The number of hydrogen-bond donors (Lipinski definition) is 0. The van der Waals surface area contributed by atoms with Crippen LogP contribution in [0.1, 0.15) is 25.0 Å². The molecule has 0 N–H and O–H groups in total. The van der Waals surface area contributed by atoms with Gasteiger partial charge in [-0.3, -0.25) is 0 Å². The Morgan fingerprint density at radius 2 is 1.33 bits per heavy atom. The summed E-state index contributed by atoms with van der Waals surface area (Å²) in [5.41, 5.74) is 10.9. The summed E-state index contributed by atoms with van der Waals surface area (Å²) >= 11 is 0. The molecule has 4 aromatic carbocycles. The van der Waals surface area contributed by atoms with E-state index in [0.717, 1.165) is 39.6 Å². The Hall–Kier alpha value is -4.96. The molecule has 0 bridgehead atoms. The zero-order chi connectivity index (χ0) is 26.1. The predicted octanol–water partition coefficient (Wildman–Crippen LogP) is 8.81. The van der Waals surface area contributed by atoms with Crippen molar-refractivity contribution < 1.29 is 4.42 Å². The lowest BCUT2D eigenvalue weighted by molar-refractivity contribution is 0.550. The van der Waals surface area contributed by atoms with Crippen molar-refractivity contribution in [3.8, 4) is 39.6 Å². The average Bonchev–Trinajstić information content (AvgIpc) is 3.61. The minimum absolute atomic E-state index is 0.142. The second-order valence-corrected chi connectivity index (χ2v) is 10.8. The predicted molar refractivity (Wildman–Crippen MR) is 157 cm³/mol. The first-order chi connectivity index (χ1) is 19.1. The molecule has 0 saturated heterocycles. The van der Waals surface area contributed by atoms with E-state index in [1.165, 1.54) is 32.9 Å². The van der Waals surface area contributed by atoms with Crippen molar-refractivity contribution in [3.63, 3.8) is 0 Å².